The summed E-state index contributed by atoms with van der Waals surface area (Å²) in [7, 11) is 0. The molecule has 0 aliphatic rings. The first-order valence-electron chi connectivity index (χ1n) is 6.09. The van der Waals surface area contributed by atoms with E-state index in [0.717, 1.165) is 5.56 Å². The largest absolute Gasteiger partial charge is 0.480 e. The number of carboxylic acid groups (broad SMARTS) is 1. The average Bonchev–Trinajstić information content (AvgIpc) is 2.65. The van der Waals surface area contributed by atoms with Crippen molar-refractivity contribution in [2.45, 2.75) is 46.2 Å². The average molecular weight is 269 g/mol. The van der Waals surface area contributed by atoms with E-state index in [9.17, 15) is 9.59 Å². The van der Waals surface area contributed by atoms with Crippen LogP contribution in [-0.4, -0.2) is 28.3 Å². The molecule has 0 spiro atoms. The molecule has 0 radical (unpaired) electrons. The molecule has 2 atom stereocenters. The number of hydrogen-bond donors (Lipinski definition) is 3. The third-order valence-corrected chi connectivity index (χ3v) is 2.88. The fourth-order valence-corrected chi connectivity index (χ4v) is 1.92. The molecule has 0 aliphatic heterocycles. The minimum atomic E-state index is -1.05. The molecule has 0 saturated carbocycles. The minimum absolute atomic E-state index is 0.308. The maximum Gasteiger partial charge on any atom is 0.326 e. The summed E-state index contributed by atoms with van der Waals surface area (Å²) in [6.07, 6.45) is 0.322. The molecule has 0 aliphatic carbocycles. The molecule has 3 N–H and O–H groups in total. The third-order valence-electron chi connectivity index (χ3n) is 2.88. The van der Waals surface area contributed by atoms with E-state index in [-0.39, 0.29) is 6.04 Å². The minimum Gasteiger partial charge on any atom is -0.480 e. The standard InChI is InChI=1S/C12H19N3O4/c1-5-9(11(16)17)14-12(18)13-6(2)10-7(3)15-19-8(10)4/h6,9H,5H2,1-4H3,(H,16,17)(H2,13,14,18)/t6?,9-/m1/s1. The highest BCUT2D eigenvalue weighted by molar-refractivity contribution is 5.82. The molecule has 2 amide bonds. The van der Waals surface area contributed by atoms with Crippen molar-refractivity contribution in [1.29, 1.82) is 0 Å². The second kappa shape index (κ2) is 6.21. The van der Waals surface area contributed by atoms with Crippen LogP contribution >= 0.6 is 0 Å². The maximum atomic E-state index is 11.7. The second-order valence-electron chi connectivity index (χ2n) is 4.38. The number of carboxylic acids is 1. The topological polar surface area (TPSA) is 104 Å². The lowest BCUT2D eigenvalue weighted by atomic mass is 10.1. The number of aryl methyl sites for hydroxylation is 2. The molecule has 1 rings (SSSR count). The highest BCUT2D eigenvalue weighted by Gasteiger charge is 2.21. The van der Waals surface area contributed by atoms with Gasteiger partial charge in [0.1, 0.15) is 11.8 Å². The Kier molecular flexibility index (Phi) is 4.91. The summed E-state index contributed by atoms with van der Waals surface area (Å²) in [6.45, 7) is 7.02. The third kappa shape index (κ3) is 3.70. The van der Waals surface area contributed by atoms with Crippen molar-refractivity contribution in [2.24, 2.45) is 0 Å². The number of aliphatic carboxylic acids is 1. The Morgan fingerprint density at radius 3 is 2.42 bits per heavy atom. The molecule has 19 heavy (non-hydrogen) atoms. The Morgan fingerprint density at radius 2 is 2.00 bits per heavy atom. The number of aromatic nitrogens is 1. The van der Waals surface area contributed by atoms with E-state index in [2.05, 4.69) is 15.8 Å². The number of nitrogens with zero attached hydrogens (tertiary/aromatic N) is 1. The zero-order valence-electron chi connectivity index (χ0n) is 11.5. The second-order valence-corrected chi connectivity index (χ2v) is 4.38. The fourth-order valence-electron chi connectivity index (χ4n) is 1.92. The summed E-state index contributed by atoms with van der Waals surface area (Å²) in [5, 5.41) is 17.7. The number of hydrogen-bond acceptors (Lipinski definition) is 4. The lowest BCUT2D eigenvalue weighted by molar-refractivity contribution is -0.139. The summed E-state index contributed by atoms with van der Waals surface area (Å²) in [5.41, 5.74) is 1.51. The van der Waals surface area contributed by atoms with E-state index in [0.29, 0.717) is 17.9 Å². The van der Waals surface area contributed by atoms with E-state index in [1.807, 2.05) is 0 Å². The molecule has 7 heteroatoms. The van der Waals surface area contributed by atoms with Gasteiger partial charge in [-0.05, 0) is 27.2 Å². The van der Waals surface area contributed by atoms with Crippen LogP contribution in [0.25, 0.3) is 0 Å². The van der Waals surface area contributed by atoms with Crippen molar-refractivity contribution in [3.63, 3.8) is 0 Å². The summed E-state index contributed by atoms with van der Waals surface area (Å²) >= 11 is 0. The number of carbonyl (C=O) groups is 2. The molecular formula is C12H19N3O4. The summed E-state index contributed by atoms with van der Waals surface area (Å²) in [4.78, 5) is 22.5. The van der Waals surface area contributed by atoms with Crippen LogP contribution in [0.4, 0.5) is 4.79 Å². The fraction of sp³-hybridized carbons (Fsp3) is 0.583. The summed E-state index contributed by atoms with van der Waals surface area (Å²) < 4.78 is 5.02. The Bertz CT molecular complexity index is 450. The van der Waals surface area contributed by atoms with Gasteiger partial charge in [-0.1, -0.05) is 12.1 Å². The quantitative estimate of drug-likeness (QED) is 0.751. The number of rotatable bonds is 5. The SMILES string of the molecule is CC[C@@H](NC(=O)NC(C)c1c(C)noc1C)C(=O)O. The van der Waals surface area contributed by atoms with E-state index >= 15 is 0 Å². The Labute approximate surface area is 111 Å². The molecule has 0 aromatic carbocycles. The van der Waals surface area contributed by atoms with Crippen LogP contribution in [0.5, 0.6) is 0 Å². The number of amides is 2. The Hall–Kier alpha value is -2.05. The van der Waals surface area contributed by atoms with Crippen LogP contribution in [0.2, 0.25) is 0 Å². The number of carbonyl (C=O) groups excluding carboxylic acids is 1. The molecule has 7 nitrogen and oxygen atoms in total. The van der Waals surface area contributed by atoms with Crippen LogP contribution in [0.1, 0.15) is 43.3 Å². The number of urea groups is 1. The predicted octanol–water partition coefficient (Wildman–Crippen LogP) is 1.51. The molecule has 0 saturated heterocycles. The van der Waals surface area contributed by atoms with Crippen LogP contribution < -0.4 is 10.6 Å². The first-order valence-corrected chi connectivity index (χ1v) is 6.09. The zero-order valence-corrected chi connectivity index (χ0v) is 11.5. The van der Waals surface area contributed by atoms with Gasteiger partial charge in [-0.2, -0.15) is 0 Å². The van der Waals surface area contributed by atoms with Crippen molar-refractivity contribution in [1.82, 2.24) is 15.8 Å². The monoisotopic (exact) mass is 269 g/mol. The van der Waals surface area contributed by atoms with Crippen LogP contribution in [-0.2, 0) is 4.79 Å². The van der Waals surface area contributed by atoms with Gasteiger partial charge in [-0.3, -0.25) is 0 Å². The number of nitrogens with one attached hydrogen (secondary N) is 2. The van der Waals surface area contributed by atoms with Gasteiger partial charge < -0.3 is 20.3 Å². The van der Waals surface area contributed by atoms with Gasteiger partial charge in [0.05, 0.1) is 11.7 Å². The van der Waals surface area contributed by atoms with E-state index in [1.165, 1.54) is 0 Å². The van der Waals surface area contributed by atoms with Gasteiger partial charge in [-0.15, -0.1) is 0 Å². The molecule has 0 bridgehead atoms. The Morgan fingerprint density at radius 1 is 1.37 bits per heavy atom. The van der Waals surface area contributed by atoms with Crippen molar-refractivity contribution in [3.05, 3.63) is 17.0 Å². The van der Waals surface area contributed by atoms with Crippen LogP contribution in [0, 0.1) is 13.8 Å². The summed E-state index contributed by atoms with van der Waals surface area (Å²) in [5.74, 6) is -0.418. The van der Waals surface area contributed by atoms with Crippen molar-refractivity contribution in [3.8, 4) is 0 Å². The van der Waals surface area contributed by atoms with Gasteiger partial charge in [-0.25, -0.2) is 9.59 Å². The van der Waals surface area contributed by atoms with Gasteiger partial charge in [0, 0.05) is 5.56 Å². The molecule has 1 aromatic rings. The van der Waals surface area contributed by atoms with Crippen LogP contribution in [0.15, 0.2) is 4.52 Å². The molecule has 1 aromatic heterocycles. The van der Waals surface area contributed by atoms with E-state index < -0.39 is 18.0 Å². The highest BCUT2D eigenvalue weighted by Crippen LogP contribution is 2.20. The normalized spacial score (nSPS) is 13.7. The predicted molar refractivity (Wildman–Crippen MR) is 67.8 cm³/mol. The van der Waals surface area contributed by atoms with Gasteiger partial charge in [0.25, 0.3) is 0 Å². The first-order chi connectivity index (χ1) is 8.86. The highest BCUT2D eigenvalue weighted by atomic mass is 16.5. The lowest BCUT2D eigenvalue weighted by Gasteiger charge is -2.17. The first kappa shape index (κ1) is 15.0. The lowest BCUT2D eigenvalue weighted by Crippen LogP contribution is -2.46. The zero-order chi connectivity index (χ0) is 14.6. The van der Waals surface area contributed by atoms with Crippen molar-refractivity contribution < 1.29 is 19.2 Å². The van der Waals surface area contributed by atoms with E-state index in [1.54, 1.807) is 27.7 Å². The summed E-state index contributed by atoms with van der Waals surface area (Å²) in [6, 6.07) is -1.73. The van der Waals surface area contributed by atoms with Crippen molar-refractivity contribution in [2.75, 3.05) is 0 Å². The van der Waals surface area contributed by atoms with Crippen LogP contribution in [0.3, 0.4) is 0 Å². The van der Waals surface area contributed by atoms with E-state index in [4.69, 9.17) is 9.63 Å². The maximum absolute atomic E-state index is 11.7. The van der Waals surface area contributed by atoms with Gasteiger partial charge >= 0.3 is 12.0 Å². The van der Waals surface area contributed by atoms with Crippen molar-refractivity contribution >= 4 is 12.0 Å². The molecular weight excluding hydrogens is 250 g/mol. The van der Waals surface area contributed by atoms with Gasteiger partial charge in [0.15, 0.2) is 0 Å². The molecule has 1 unspecified atom stereocenters. The molecule has 1 heterocycles. The smallest absolute Gasteiger partial charge is 0.326 e. The molecule has 106 valence electrons. The Balaban J connectivity index is 2.65. The molecule has 0 fully saturated rings. The van der Waals surface area contributed by atoms with Gasteiger partial charge in [0.2, 0.25) is 0 Å².